The van der Waals surface area contributed by atoms with Crippen LogP contribution in [0.2, 0.25) is 0 Å². The number of hydrogen-bond acceptors (Lipinski definition) is 5. The zero-order valence-electron chi connectivity index (χ0n) is 18.4. The van der Waals surface area contributed by atoms with E-state index in [-0.39, 0.29) is 18.9 Å². The maximum absolute atomic E-state index is 11.1. The van der Waals surface area contributed by atoms with Crippen molar-refractivity contribution in [1.29, 1.82) is 0 Å². The van der Waals surface area contributed by atoms with Crippen LogP contribution in [-0.4, -0.2) is 67.6 Å². The fraction of sp³-hybridized carbons (Fsp3) is 0.696. The van der Waals surface area contributed by atoms with Gasteiger partial charge in [0.05, 0.1) is 5.69 Å². The number of ether oxygens (including phenoxy) is 2. The second-order valence-electron chi connectivity index (χ2n) is 9.15. The zero-order chi connectivity index (χ0) is 22.6. The molecule has 9 heteroatoms. The molecule has 1 amide bonds. The number of fused-ring (bicyclic) bond motifs is 1. The van der Waals surface area contributed by atoms with Crippen LogP contribution in [0.15, 0.2) is 18.2 Å². The molecule has 3 fully saturated rings. The third-order valence-corrected chi connectivity index (χ3v) is 6.74. The summed E-state index contributed by atoms with van der Waals surface area (Å²) in [6, 6.07) is 6.27. The van der Waals surface area contributed by atoms with Crippen molar-refractivity contribution in [3.05, 3.63) is 18.2 Å². The van der Waals surface area contributed by atoms with Crippen molar-refractivity contribution in [2.45, 2.75) is 56.9 Å². The average Bonchev–Trinajstić information content (AvgIpc) is 3.27. The lowest BCUT2D eigenvalue weighted by Crippen LogP contribution is -2.47. The molecule has 0 bridgehead atoms. The van der Waals surface area contributed by atoms with Gasteiger partial charge < -0.3 is 24.8 Å². The van der Waals surface area contributed by atoms with E-state index in [0.717, 1.165) is 81.5 Å². The Hall–Kier alpha value is -2.29. The minimum absolute atomic E-state index is 0.118. The van der Waals surface area contributed by atoms with Gasteiger partial charge in [0.1, 0.15) is 0 Å². The third-order valence-electron chi connectivity index (χ3n) is 6.74. The molecule has 0 aromatic heterocycles. The van der Waals surface area contributed by atoms with E-state index in [1.807, 2.05) is 12.1 Å². The van der Waals surface area contributed by atoms with Crippen molar-refractivity contribution in [2.75, 3.05) is 44.4 Å². The monoisotopic (exact) mass is 453 g/mol. The molecule has 2 aliphatic carbocycles. The quantitative estimate of drug-likeness (QED) is 0.697. The Morgan fingerprint density at radius 3 is 2.41 bits per heavy atom. The highest BCUT2D eigenvalue weighted by Crippen LogP contribution is 2.41. The van der Waals surface area contributed by atoms with E-state index >= 15 is 0 Å². The van der Waals surface area contributed by atoms with Gasteiger partial charge in [0.15, 0.2) is 11.5 Å². The van der Waals surface area contributed by atoms with Gasteiger partial charge in [-0.3, -0.25) is 4.90 Å². The topological polar surface area (TPSA) is 74.3 Å². The highest BCUT2D eigenvalue weighted by Gasteiger charge is 2.43. The lowest BCUT2D eigenvalue weighted by Gasteiger charge is -2.37. The Balaban J connectivity index is 0.000000433. The van der Waals surface area contributed by atoms with Crippen molar-refractivity contribution in [3.8, 4) is 11.5 Å². The van der Waals surface area contributed by atoms with Crippen molar-refractivity contribution in [1.82, 2.24) is 10.2 Å². The van der Waals surface area contributed by atoms with Crippen LogP contribution >= 0.6 is 0 Å². The Bertz CT molecular complexity index is 773. The van der Waals surface area contributed by atoms with Crippen LogP contribution in [0.1, 0.15) is 44.9 Å². The molecule has 0 radical (unpaired) electrons. The first kappa shape index (κ1) is 22.9. The molecule has 0 unspecified atom stereocenters. The SMILES string of the molecule is FC1(F)CC1.O=C(O)N[C@H]1CC[C@H](CCN2CCN(c3cccc4c3OCO4)CC2)CC1. The number of benzene rings is 1. The molecule has 2 heterocycles. The van der Waals surface area contributed by atoms with Crippen molar-refractivity contribution < 1.29 is 28.2 Å². The van der Waals surface area contributed by atoms with Gasteiger partial charge in [-0.15, -0.1) is 0 Å². The van der Waals surface area contributed by atoms with Gasteiger partial charge in [0, 0.05) is 45.1 Å². The fourth-order valence-electron chi connectivity index (χ4n) is 4.61. The number of amides is 1. The summed E-state index contributed by atoms with van der Waals surface area (Å²) in [7, 11) is 0. The van der Waals surface area contributed by atoms with Gasteiger partial charge in [-0.2, -0.15) is 0 Å². The molecule has 7 nitrogen and oxygen atoms in total. The van der Waals surface area contributed by atoms with Crippen LogP contribution in [0, 0.1) is 5.92 Å². The van der Waals surface area contributed by atoms with E-state index in [4.69, 9.17) is 14.6 Å². The van der Waals surface area contributed by atoms with Crippen LogP contribution in [0.4, 0.5) is 19.3 Å². The first-order valence-electron chi connectivity index (χ1n) is 11.6. The summed E-state index contributed by atoms with van der Waals surface area (Å²) in [6.07, 6.45) is 4.80. The van der Waals surface area contributed by atoms with Crippen molar-refractivity contribution >= 4 is 11.8 Å². The smallest absolute Gasteiger partial charge is 0.404 e. The van der Waals surface area contributed by atoms with E-state index in [9.17, 15) is 13.6 Å². The standard InChI is InChI=1S/C20H29N3O4.C3H4F2/c24-20(25)21-16-6-4-15(5-7-16)8-9-22-10-12-23(13-11-22)17-2-1-3-18-19(17)27-14-26-18;4-3(5)1-2-3/h1-3,15-16,21H,4-14H2,(H,24,25);1-2H2/t15-,16-;. The molecule has 178 valence electrons. The Morgan fingerprint density at radius 2 is 1.78 bits per heavy atom. The lowest BCUT2D eigenvalue weighted by atomic mass is 9.84. The molecule has 32 heavy (non-hydrogen) atoms. The second-order valence-corrected chi connectivity index (χ2v) is 9.15. The van der Waals surface area contributed by atoms with Crippen LogP contribution in [0.3, 0.4) is 0 Å². The molecule has 1 aromatic rings. The maximum Gasteiger partial charge on any atom is 0.404 e. The molecule has 1 saturated heterocycles. The summed E-state index contributed by atoms with van der Waals surface area (Å²) < 4.78 is 33.4. The van der Waals surface area contributed by atoms with Crippen LogP contribution in [0.5, 0.6) is 11.5 Å². The molecule has 0 atom stereocenters. The van der Waals surface area contributed by atoms with E-state index in [0.29, 0.717) is 6.79 Å². The summed E-state index contributed by atoms with van der Waals surface area (Å²) in [6.45, 7) is 5.61. The van der Waals surface area contributed by atoms with Gasteiger partial charge >= 0.3 is 6.09 Å². The van der Waals surface area contributed by atoms with Gasteiger partial charge in [0.25, 0.3) is 0 Å². The normalized spacial score (nSPS) is 26.1. The number of para-hydroxylation sites is 1. The second kappa shape index (κ2) is 10.1. The molecule has 2 saturated carbocycles. The number of hydrogen-bond donors (Lipinski definition) is 2. The van der Waals surface area contributed by atoms with Gasteiger partial charge in [0.2, 0.25) is 12.7 Å². The highest BCUT2D eigenvalue weighted by molar-refractivity contribution is 5.66. The number of anilines is 1. The van der Waals surface area contributed by atoms with E-state index in [1.165, 1.54) is 6.42 Å². The lowest BCUT2D eigenvalue weighted by molar-refractivity contribution is 0.120. The van der Waals surface area contributed by atoms with E-state index in [1.54, 1.807) is 0 Å². The fourth-order valence-corrected chi connectivity index (χ4v) is 4.61. The van der Waals surface area contributed by atoms with Crippen LogP contribution < -0.4 is 19.7 Å². The Kier molecular flexibility index (Phi) is 7.23. The van der Waals surface area contributed by atoms with E-state index in [2.05, 4.69) is 21.2 Å². The first-order valence-corrected chi connectivity index (χ1v) is 11.6. The number of piperazine rings is 1. The molecule has 5 rings (SSSR count). The predicted octanol–water partition coefficient (Wildman–Crippen LogP) is 4.17. The zero-order valence-corrected chi connectivity index (χ0v) is 18.4. The number of alkyl halides is 2. The molecule has 0 spiro atoms. The minimum Gasteiger partial charge on any atom is -0.465 e. The largest absolute Gasteiger partial charge is 0.465 e. The van der Waals surface area contributed by atoms with Crippen molar-refractivity contribution in [3.63, 3.8) is 0 Å². The number of rotatable bonds is 5. The van der Waals surface area contributed by atoms with Gasteiger partial charge in [-0.1, -0.05) is 6.07 Å². The summed E-state index contributed by atoms with van der Waals surface area (Å²) in [4.78, 5) is 15.7. The molecular weight excluding hydrogens is 420 g/mol. The van der Waals surface area contributed by atoms with Crippen molar-refractivity contribution in [2.24, 2.45) is 5.92 Å². The summed E-state index contributed by atoms with van der Waals surface area (Å²) in [5.74, 6) is 0.221. The van der Waals surface area contributed by atoms with Crippen LogP contribution in [0.25, 0.3) is 0 Å². The molecule has 4 aliphatic rings. The third kappa shape index (κ3) is 6.37. The first-order chi connectivity index (χ1) is 15.4. The maximum atomic E-state index is 11.1. The average molecular weight is 454 g/mol. The molecular formula is C23H33F2N3O4. The summed E-state index contributed by atoms with van der Waals surface area (Å²) >= 11 is 0. The Labute approximate surface area is 187 Å². The number of halogens is 2. The predicted molar refractivity (Wildman–Crippen MR) is 117 cm³/mol. The number of carbonyl (C=O) groups is 1. The number of nitrogens with one attached hydrogen (secondary N) is 1. The van der Waals surface area contributed by atoms with Crippen LogP contribution in [-0.2, 0) is 0 Å². The molecule has 2 aliphatic heterocycles. The Morgan fingerprint density at radius 1 is 1.09 bits per heavy atom. The summed E-state index contributed by atoms with van der Waals surface area (Å²) in [5.41, 5.74) is 1.15. The van der Waals surface area contributed by atoms with Gasteiger partial charge in [-0.05, 0) is 56.7 Å². The molecule has 2 N–H and O–H groups in total. The summed E-state index contributed by atoms with van der Waals surface area (Å²) in [5, 5.41) is 11.5. The highest BCUT2D eigenvalue weighted by atomic mass is 19.3. The van der Waals surface area contributed by atoms with Gasteiger partial charge in [-0.25, -0.2) is 13.6 Å². The molecule has 1 aromatic carbocycles. The van der Waals surface area contributed by atoms with E-state index < -0.39 is 12.0 Å². The number of nitrogens with zero attached hydrogens (tertiary/aromatic N) is 2. The number of carboxylic acid groups (broad SMARTS) is 1. The minimum atomic E-state index is -2.25.